The molecule has 2 atom stereocenters. The number of nitrogens with one attached hydrogen (secondary N) is 2. The number of carbonyl (C=O) groups is 1. The van der Waals surface area contributed by atoms with Crippen LogP contribution in [0.3, 0.4) is 0 Å². The van der Waals surface area contributed by atoms with Crippen molar-refractivity contribution in [3.8, 4) is 5.75 Å². The number of ether oxygens (including phenoxy) is 3. The molecule has 2 aliphatic heterocycles. The van der Waals surface area contributed by atoms with Crippen LogP contribution in [-0.2, 0) is 20.7 Å². The van der Waals surface area contributed by atoms with Gasteiger partial charge in [-0.3, -0.25) is 14.6 Å². The third-order valence-corrected chi connectivity index (χ3v) is 8.39. The molecule has 0 radical (unpaired) electrons. The first-order valence-corrected chi connectivity index (χ1v) is 15.0. The molecule has 1 saturated heterocycles. The standard InChI is InChI=1S/C29H37BrN4O4S/c1-36-13-2-9-31-29(35)26-18-24-23-17-21(30)5-8-25(23)32-27(24)28(34(26)19-39)20-3-6-22(7-4-20)38-16-12-33-10-14-37-15-11-33/h3-8,17,26,28,32,39H,2,9-16,18-19H2,1H3,(H,31,35). The molecule has 1 fully saturated rings. The second-order valence-electron chi connectivity index (χ2n) is 9.99. The van der Waals surface area contributed by atoms with E-state index in [1.54, 1.807) is 7.11 Å². The number of benzene rings is 2. The van der Waals surface area contributed by atoms with Crippen LogP contribution >= 0.6 is 28.6 Å². The molecule has 1 aromatic heterocycles. The molecule has 39 heavy (non-hydrogen) atoms. The molecule has 0 spiro atoms. The maximum absolute atomic E-state index is 13.5. The van der Waals surface area contributed by atoms with Gasteiger partial charge < -0.3 is 24.5 Å². The van der Waals surface area contributed by atoms with Gasteiger partial charge in [0.05, 0.1) is 25.3 Å². The van der Waals surface area contributed by atoms with E-state index in [2.05, 4.69) is 60.3 Å². The number of aromatic amines is 1. The Morgan fingerprint density at radius 1 is 1.18 bits per heavy atom. The number of thiol groups is 1. The highest BCUT2D eigenvalue weighted by molar-refractivity contribution is 9.10. The molecule has 10 heteroatoms. The number of H-pyrrole nitrogens is 1. The number of halogens is 1. The second-order valence-corrected chi connectivity index (χ2v) is 11.2. The molecule has 3 heterocycles. The SMILES string of the molecule is COCCCNC(=O)C1Cc2c([nH]c3ccc(Br)cc23)C(c2ccc(OCCN3CCOCC3)cc2)N1CS. The van der Waals surface area contributed by atoms with Gasteiger partial charge in [-0.1, -0.05) is 28.1 Å². The van der Waals surface area contributed by atoms with Crippen molar-refractivity contribution in [1.29, 1.82) is 0 Å². The van der Waals surface area contributed by atoms with Gasteiger partial charge in [0.15, 0.2) is 0 Å². The minimum Gasteiger partial charge on any atom is -0.492 e. The summed E-state index contributed by atoms with van der Waals surface area (Å²) in [5.74, 6) is 1.30. The van der Waals surface area contributed by atoms with Gasteiger partial charge in [-0.2, -0.15) is 12.6 Å². The van der Waals surface area contributed by atoms with Crippen LogP contribution in [-0.4, -0.2) is 92.3 Å². The quantitative estimate of drug-likeness (QED) is 0.223. The van der Waals surface area contributed by atoms with Crippen LogP contribution in [0.2, 0.25) is 0 Å². The first-order valence-electron chi connectivity index (χ1n) is 13.5. The molecule has 8 nitrogen and oxygen atoms in total. The van der Waals surface area contributed by atoms with Gasteiger partial charge in [-0.25, -0.2) is 0 Å². The van der Waals surface area contributed by atoms with Gasteiger partial charge in [0.25, 0.3) is 0 Å². The Balaban J connectivity index is 1.39. The van der Waals surface area contributed by atoms with E-state index in [9.17, 15) is 4.79 Å². The third-order valence-electron chi connectivity index (χ3n) is 7.57. The van der Waals surface area contributed by atoms with E-state index in [0.717, 1.165) is 71.7 Å². The minimum atomic E-state index is -0.343. The number of carbonyl (C=O) groups excluding carboxylic acids is 1. The zero-order valence-corrected chi connectivity index (χ0v) is 24.8. The zero-order valence-electron chi connectivity index (χ0n) is 22.3. The number of morpholine rings is 1. The monoisotopic (exact) mass is 616 g/mol. The highest BCUT2D eigenvalue weighted by Crippen LogP contribution is 2.42. The number of methoxy groups -OCH3 is 1. The van der Waals surface area contributed by atoms with Gasteiger partial charge in [0.1, 0.15) is 12.4 Å². The summed E-state index contributed by atoms with van der Waals surface area (Å²) in [7, 11) is 1.67. The topological polar surface area (TPSA) is 79.1 Å². The van der Waals surface area contributed by atoms with Crippen molar-refractivity contribution < 1.29 is 19.0 Å². The number of fused-ring (bicyclic) bond motifs is 3. The summed E-state index contributed by atoms with van der Waals surface area (Å²) in [6.07, 6.45) is 1.39. The van der Waals surface area contributed by atoms with E-state index < -0.39 is 0 Å². The van der Waals surface area contributed by atoms with Crippen LogP contribution in [0.15, 0.2) is 46.9 Å². The molecule has 210 valence electrons. The number of aromatic nitrogens is 1. The molecule has 0 saturated carbocycles. The van der Waals surface area contributed by atoms with Crippen molar-refractivity contribution in [2.45, 2.75) is 24.9 Å². The van der Waals surface area contributed by atoms with Crippen molar-refractivity contribution in [2.75, 3.05) is 65.6 Å². The molecule has 0 aliphatic carbocycles. The number of rotatable bonds is 11. The number of amides is 1. The van der Waals surface area contributed by atoms with Gasteiger partial charge in [0, 0.05) is 66.8 Å². The Morgan fingerprint density at radius 3 is 2.72 bits per heavy atom. The van der Waals surface area contributed by atoms with Crippen molar-refractivity contribution in [1.82, 2.24) is 20.1 Å². The molecule has 0 bridgehead atoms. The van der Waals surface area contributed by atoms with E-state index in [4.69, 9.17) is 26.8 Å². The van der Waals surface area contributed by atoms with Gasteiger partial charge in [0.2, 0.25) is 5.91 Å². The van der Waals surface area contributed by atoms with Crippen molar-refractivity contribution in [3.05, 3.63) is 63.8 Å². The van der Waals surface area contributed by atoms with E-state index >= 15 is 0 Å². The summed E-state index contributed by atoms with van der Waals surface area (Å²) < 4.78 is 17.7. The lowest BCUT2D eigenvalue weighted by Gasteiger charge is -2.40. The van der Waals surface area contributed by atoms with Gasteiger partial charge >= 0.3 is 0 Å². The minimum absolute atomic E-state index is 0.0169. The van der Waals surface area contributed by atoms with Crippen molar-refractivity contribution in [2.24, 2.45) is 0 Å². The Hall–Kier alpha value is -2.08. The summed E-state index contributed by atoms with van der Waals surface area (Å²) in [6, 6.07) is 14.0. The maximum atomic E-state index is 13.5. The van der Waals surface area contributed by atoms with Gasteiger partial charge in [-0.05, 0) is 54.3 Å². The lowest BCUT2D eigenvalue weighted by Crippen LogP contribution is -2.52. The first kappa shape index (κ1) is 28.4. The number of hydrogen-bond acceptors (Lipinski definition) is 7. The number of nitrogens with zero attached hydrogens (tertiary/aromatic N) is 2. The van der Waals surface area contributed by atoms with Crippen molar-refractivity contribution >= 4 is 45.4 Å². The van der Waals surface area contributed by atoms with Crippen LogP contribution in [0.4, 0.5) is 0 Å². The normalized spacial score (nSPS) is 20.2. The fourth-order valence-corrected chi connectivity index (χ4v) is 6.26. The fraction of sp³-hybridized carbons (Fsp3) is 0.483. The van der Waals surface area contributed by atoms with Crippen LogP contribution in [0.1, 0.15) is 29.3 Å². The molecule has 2 aromatic carbocycles. The van der Waals surface area contributed by atoms with Crippen LogP contribution < -0.4 is 10.1 Å². The van der Waals surface area contributed by atoms with Crippen LogP contribution in [0.25, 0.3) is 10.9 Å². The Morgan fingerprint density at radius 2 is 1.97 bits per heavy atom. The average Bonchev–Trinajstić information content (AvgIpc) is 3.32. The first-order chi connectivity index (χ1) is 19.1. The van der Waals surface area contributed by atoms with E-state index in [1.807, 2.05) is 18.2 Å². The van der Waals surface area contributed by atoms with Gasteiger partial charge in [-0.15, -0.1) is 0 Å². The summed E-state index contributed by atoms with van der Waals surface area (Å²) in [6.45, 7) is 6.20. The molecule has 2 aliphatic rings. The highest BCUT2D eigenvalue weighted by atomic mass is 79.9. The van der Waals surface area contributed by atoms with Crippen LogP contribution in [0.5, 0.6) is 5.75 Å². The van der Waals surface area contributed by atoms with E-state index in [0.29, 0.717) is 32.1 Å². The Bertz CT molecular complexity index is 1250. The molecule has 2 unspecified atom stereocenters. The summed E-state index contributed by atoms with van der Waals surface area (Å²) in [5, 5.41) is 4.26. The lowest BCUT2D eigenvalue weighted by molar-refractivity contribution is -0.127. The third kappa shape index (κ3) is 6.64. The molecule has 3 aromatic rings. The largest absolute Gasteiger partial charge is 0.492 e. The maximum Gasteiger partial charge on any atom is 0.237 e. The molecule has 1 amide bonds. The smallest absolute Gasteiger partial charge is 0.237 e. The summed E-state index contributed by atoms with van der Waals surface area (Å²) >= 11 is 8.33. The zero-order chi connectivity index (χ0) is 27.2. The van der Waals surface area contributed by atoms with E-state index in [-0.39, 0.29) is 18.0 Å². The molecular formula is C29H37BrN4O4S. The molecule has 2 N–H and O–H groups in total. The molecular weight excluding hydrogens is 580 g/mol. The Labute approximate surface area is 243 Å². The highest BCUT2D eigenvalue weighted by Gasteiger charge is 2.40. The summed E-state index contributed by atoms with van der Waals surface area (Å²) in [4.78, 5) is 21.7. The van der Waals surface area contributed by atoms with E-state index in [1.165, 1.54) is 5.56 Å². The number of hydrogen-bond donors (Lipinski definition) is 3. The average molecular weight is 618 g/mol. The molecule has 5 rings (SSSR count). The second kappa shape index (κ2) is 13.5. The van der Waals surface area contributed by atoms with Crippen LogP contribution in [0, 0.1) is 0 Å². The van der Waals surface area contributed by atoms with Crippen molar-refractivity contribution in [3.63, 3.8) is 0 Å². The summed E-state index contributed by atoms with van der Waals surface area (Å²) in [5.41, 5.74) is 4.45. The predicted octanol–water partition coefficient (Wildman–Crippen LogP) is 4.00. The Kier molecular flexibility index (Phi) is 9.86. The lowest BCUT2D eigenvalue weighted by atomic mass is 9.88. The fourth-order valence-electron chi connectivity index (χ4n) is 5.54. The predicted molar refractivity (Wildman–Crippen MR) is 160 cm³/mol.